The Bertz CT molecular complexity index is 393. The Morgan fingerprint density at radius 1 is 1.30 bits per heavy atom. The Morgan fingerprint density at radius 3 is 2.80 bits per heavy atom. The van der Waals surface area contributed by atoms with Crippen LogP contribution in [0.2, 0.25) is 0 Å². The van der Waals surface area contributed by atoms with E-state index in [1.807, 2.05) is 13.1 Å². The highest BCUT2D eigenvalue weighted by Gasteiger charge is 2.18. The third-order valence-corrected chi connectivity index (χ3v) is 3.65. The van der Waals surface area contributed by atoms with Gasteiger partial charge in [-0.1, -0.05) is 6.92 Å². The number of ether oxygens (including phenoxy) is 1. The number of nitrogens with one attached hydrogen (secondary N) is 1. The van der Waals surface area contributed by atoms with Crippen LogP contribution in [-0.4, -0.2) is 42.8 Å². The molecule has 5 heteroatoms. The summed E-state index contributed by atoms with van der Waals surface area (Å²) in [6, 6.07) is 0. The van der Waals surface area contributed by atoms with Crippen LogP contribution < -0.4 is 15.0 Å². The van der Waals surface area contributed by atoms with Gasteiger partial charge in [-0.05, 0) is 45.2 Å². The molecule has 1 N–H and O–H groups in total. The van der Waals surface area contributed by atoms with E-state index in [1.54, 1.807) is 6.20 Å². The first-order valence-corrected chi connectivity index (χ1v) is 7.74. The summed E-state index contributed by atoms with van der Waals surface area (Å²) in [5.41, 5.74) is 0. The van der Waals surface area contributed by atoms with Gasteiger partial charge in [-0.2, -0.15) is 4.98 Å². The largest absolute Gasteiger partial charge is 0.477 e. The van der Waals surface area contributed by atoms with Gasteiger partial charge in [-0.3, -0.25) is 4.98 Å². The number of anilines is 1. The van der Waals surface area contributed by atoms with Crippen LogP contribution in [0.25, 0.3) is 0 Å². The lowest BCUT2D eigenvalue weighted by Crippen LogP contribution is -2.37. The molecule has 1 aliphatic rings. The number of rotatable bonds is 7. The van der Waals surface area contributed by atoms with Crippen molar-refractivity contribution >= 4 is 5.82 Å². The van der Waals surface area contributed by atoms with E-state index in [4.69, 9.17) is 4.74 Å². The zero-order valence-electron chi connectivity index (χ0n) is 12.6. The highest BCUT2D eigenvalue weighted by atomic mass is 16.5. The summed E-state index contributed by atoms with van der Waals surface area (Å²) in [6.45, 7) is 9.15. The molecular formula is C15H26N4O. The Balaban J connectivity index is 2.04. The van der Waals surface area contributed by atoms with Gasteiger partial charge in [0.25, 0.3) is 0 Å². The Hall–Kier alpha value is -1.36. The third-order valence-electron chi connectivity index (χ3n) is 3.65. The topological polar surface area (TPSA) is 50.3 Å². The molecule has 1 aliphatic heterocycles. The molecule has 1 saturated heterocycles. The summed E-state index contributed by atoms with van der Waals surface area (Å²) < 4.78 is 5.45. The smallest absolute Gasteiger partial charge is 0.234 e. The van der Waals surface area contributed by atoms with Crippen molar-refractivity contribution in [3.05, 3.63) is 12.4 Å². The molecule has 0 unspecified atom stereocenters. The average Bonchev–Trinajstić information content (AvgIpc) is 2.49. The Labute approximate surface area is 121 Å². The fourth-order valence-electron chi connectivity index (χ4n) is 2.65. The van der Waals surface area contributed by atoms with E-state index in [-0.39, 0.29) is 0 Å². The fraction of sp³-hybridized carbons (Fsp3) is 0.733. The molecule has 112 valence electrons. The monoisotopic (exact) mass is 278 g/mol. The molecule has 2 rings (SSSR count). The fourth-order valence-corrected chi connectivity index (χ4v) is 2.65. The number of nitrogens with zero attached hydrogens (tertiary/aromatic N) is 3. The highest BCUT2D eigenvalue weighted by molar-refractivity contribution is 5.37. The van der Waals surface area contributed by atoms with E-state index in [1.165, 1.54) is 12.8 Å². The average molecular weight is 278 g/mol. The molecule has 20 heavy (non-hydrogen) atoms. The first-order chi connectivity index (χ1) is 9.83. The molecule has 0 radical (unpaired) electrons. The van der Waals surface area contributed by atoms with Crippen LogP contribution in [0, 0.1) is 5.92 Å². The van der Waals surface area contributed by atoms with Crippen molar-refractivity contribution in [1.29, 1.82) is 0 Å². The lowest BCUT2D eigenvalue weighted by atomic mass is 9.97. The molecule has 2 heterocycles. The van der Waals surface area contributed by atoms with Gasteiger partial charge in [-0.15, -0.1) is 0 Å². The van der Waals surface area contributed by atoms with Gasteiger partial charge in [0.1, 0.15) is 0 Å². The first kappa shape index (κ1) is 15.0. The summed E-state index contributed by atoms with van der Waals surface area (Å²) in [5.74, 6) is 2.31. The molecule has 0 aliphatic carbocycles. The van der Waals surface area contributed by atoms with E-state index in [9.17, 15) is 0 Å². The minimum atomic E-state index is 0.622. The lowest BCUT2D eigenvalue weighted by molar-refractivity contribution is 0.324. The molecule has 5 nitrogen and oxygen atoms in total. The predicted molar refractivity (Wildman–Crippen MR) is 81.3 cm³/mol. The SMILES string of the molecule is CCCN(CC1CCNCC1)c1cncc(OCC)n1. The standard InChI is InChI=1S/C15H26N4O/c1-3-9-19(12-13-5-7-16-8-6-13)14-10-17-11-15(18-14)20-4-2/h10-11,13,16H,3-9,12H2,1-2H3. The minimum absolute atomic E-state index is 0.622. The zero-order chi connectivity index (χ0) is 14.2. The van der Waals surface area contributed by atoms with Crippen molar-refractivity contribution in [1.82, 2.24) is 15.3 Å². The van der Waals surface area contributed by atoms with Crippen molar-refractivity contribution in [2.24, 2.45) is 5.92 Å². The predicted octanol–water partition coefficient (Wildman–Crippen LogP) is 2.09. The van der Waals surface area contributed by atoms with Crippen LogP contribution in [-0.2, 0) is 0 Å². The van der Waals surface area contributed by atoms with Crippen LogP contribution in [0.3, 0.4) is 0 Å². The Kier molecular flexibility index (Phi) is 6.05. The third kappa shape index (κ3) is 4.34. The van der Waals surface area contributed by atoms with Crippen LogP contribution >= 0.6 is 0 Å². The molecule has 0 aromatic carbocycles. The maximum Gasteiger partial charge on any atom is 0.234 e. The van der Waals surface area contributed by atoms with E-state index in [0.717, 1.165) is 44.3 Å². The maximum atomic E-state index is 5.45. The summed E-state index contributed by atoms with van der Waals surface area (Å²) in [7, 11) is 0. The summed E-state index contributed by atoms with van der Waals surface area (Å²) in [4.78, 5) is 11.2. The van der Waals surface area contributed by atoms with Gasteiger partial charge in [0.15, 0.2) is 5.82 Å². The van der Waals surface area contributed by atoms with E-state index >= 15 is 0 Å². The second-order valence-corrected chi connectivity index (χ2v) is 5.29. The second kappa shape index (κ2) is 8.04. The van der Waals surface area contributed by atoms with E-state index in [2.05, 4.69) is 27.1 Å². The molecule has 0 spiro atoms. The molecule has 1 aromatic heterocycles. The summed E-state index contributed by atoms with van der Waals surface area (Å²) >= 11 is 0. The molecule has 0 saturated carbocycles. The first-order valence-electron chi connectivity index (χ1n) is 7.74. The molecule has 0 amide bonds. The van der Waals surface area contributed by atoms with Crippen molar-refractivity contribution in [3.63, 3.8) is 0 Å². The van der Waals surface area contributed by atoms with Crippen LogP contribution in [0.1, 0.15) is 33.1 Å². The minimum Gasteiger partial charge on any atom is -0.477 e. The van der Waals surface area contributed by atoms with Crippen molar-refractivity contribution < 1.29 is 4.74 Å². The second-order valence-electron chi connectivity index (χ2n) is 5.29. The molecule has 0 bridgehead atoms. The normalized spacial score (nSPS) is 16.1. The molecule has 1 fully saturated rings. The van der Waals surface area contributed by atoms with Crippen LogP contribution in [0.15, 0.2) is 12.4 Å². The maximum absolute atomic E-state index is 5.45. The van der Waals surface area contributed by atoms with Gasteiger partial charge >= 0.3 is 0 Å². The van der Waals surface area contributed by atoms with Gasteiger partial charge in [-0.25, -0.2) is 0 Å². The summed E-state index contributed by atoms with van der Waals surface area (Å²) in [6.07, 6.45) is 7.14. The van der Waals surface area contributed by atoms with Gasteiger partial charge in [0.2, 0.25) is 5.88 Å². The van der Waals surface area contributed by atoms with Gasteiger partial charge in [0, 0.05) is 13.1 Å². The van der Waals surface area contributed by atoms with E-state index < -0.39 is 0 Å². The van der Waals surface area contributed by atoms with Crippen molar-refractivity contribution in [2.45, 2.75) is 33.1 Å². The van der Waals surface area contributed by atoms with Crippen LogP contribution in [0.5, 0.6) is 5.88 Å². The highest BCUT2D eigenvalue weighted by Crippen LogP contribution is 2.19. The number of piperidine rings is 1. The van der Waals surface area contributed by atoms with Crippen molar-refractivity contribution in [3.8, 4) is 5.88 Å². The number of aromatic nitrogens is 2. The van der Waals surface area contributed by atoms with E-state index in [0.29, 0.717) is 12.5 Å². The van der Waals surface area contributed by atoms with Crippen molar-refractivity contribution in [2.75, 3.05) is 37.7 Å². The molecule has 0 atom stereocenters. The van der Waals surface area contributed by atoms with Gasteiger partial charge in [0.05, 0.1) is 19.0 Å². The quantitative estimate of drug-likeness (QED) is 0.827. The Morgan fingerprint density at radius 2 is 2.10 bits per heavy atom. The zero-order valence-corrected chi connectivity index (χ0v) is 12.6. The number of hydrogen-bond acceptors (Lipinski definition) is 5. The molecule has 1 aromatic rings. The molecular weight excluding hydrogens is 252 g/mol. The van der Waals surface area contributed by atoms with Crippen LogP contribution in [0.4, 0.5) is 5.82 Å². The lowest BCUT2D eigenvalue weighted by Gasteiger charge is -2.30. The number of hydrogen-bond donors (Lipinski definition) is 1. The summed E-state index contributed by atoms with van der Waals surface area (Å²) in [5, 5.41) is 3.42. The van der Waals surface area contributed by atoms with Gasteiger partial charge < -0.3 is 15.0 Å².